The van der Waals surface area contributed by atoms with Gasteiger partial charge in [-0.1, -0.05) is 60.0 Å². The molecule has 0 heterocycles. The molecule has 0 amide bonds. The van der Waals surface area contributed by atoms with Gasteiger partial charge in [0.15, 0.2) is 0 Å². The Morgan fingerprint density at radius 2 is 1.79 bits per heavy atom. The predicted molar refractivity (Wildman–Crippen MR) is 124 cm³/mol. The Bertz CT molecular complexity index is 854. The van der Waals surface area contributed by atoms with Gasteiger partial charge in [-0.2, -0.15) is 0 Å². The number of halogens is 1. The molecule has 0 spiro atoms. The van der Waals surface area contributed by atoms with Crippen molar-refractivity contribution < 1.29 is 0 Å². The van der Waals surface area contributed by atoms with Crippen molar-refractivity contribution >= 4 is 17.2 Å². The summed E-state index contributed by atoms with van der Waals surface area (Å²) in [5.41, 5.74) is 10.2. The standard InChI is InChI=1S/C27H33Cl/c1-19(2)9-10-22-11-16-26(20(3)17-22)21(4)18-24-7-5-6-8-27(24)23-12-14-25(28)15-13-23/h11-17,21H,1,5-10,18H2,2-4H3. The van der Waals surface area contributed by atoms with Gasteiger partial charge in [-0.3, -0.25) is 0 Å². The molecule has 0 nitrogen and oxygen atoms in total. The lowest BCUT2D eigenvalue weighted by atomic mass is 9.81. The van der Waals surface area contributed by atoms with Crippen LogP contribution in [-0.4, -0.2) is 0 Å². The highest BCUT2D eigenvalue weighted by Crippen LogP contribution is 2.38. The van der Waals surface area contributed by atoms with Gasteiger partial charge in [-0.15, -0.1) is 6.58 Å². The van der Waals surface area contributed by atoms with E-state index in [-0.39, 0.29) is 0 Å². The smallest absolute Gasteiger partial charge is 0.0406 e. The zero-order chi connectivity index (χ0) is 20.1. The molecule has 3 rings (SSSR count). The average molecular weight is 393 g/mol. The lowest BCUT2D eigenvalue weighted by molar-refractivity contribution is 0.648. The van der Waals surface area contributed by atoms with Gasteiger partial charge in [0.25, 0.3) is 0 Å². The van der Waals surface area contributed by atoms with Crippen LogP contribution in [0.5, 0.6) is 0 Å². The maximum atomic E-state index is 6.10. The molecule has 0 N–H and O–H groups in total. The minimum absolute atomic E-state index is 0.547. The number of hydrogen-bond acceptors (Lipinski definition) is 0. The topological polar surface area (TPSA) is 0 Å². The Hall–Kier alpha value is -1.79. The second-order valence-electron chi connectivity index (χ2n) is 8.55. The van der Waals surface area contributed by atoms with Crippen molar-refractivity contribution in [1.82, 2.24) is 0 Å². The van der Waals surface area contributed by atoms with Crippen LogP contribution in [0.3, 0.4) is 0 Å². The Kier molecular flexibility index (Phi) is 7.18. The van der Waals surface area contributed by atoms with Gasteiger partial charge in [0.1, 0.15) is 0 Å². The summed E-state index contributed by atoms with van der Waals surface area (Å²) in [5, 5.41) is 0.817. The minimum atomic E-state index is 0.547. The van der Waals surface area contributed by atoms with E-state index in [9.17, 15) is 0 Å². The number of rotatable bonds is 7. The van der Waals surface area contributed by atoms with E-state index in [1.165, 1.54) is 53.5 Å². The maximum Gasteiger partial charge on any atom is 0.0406 e. The number of allylic oxidation sites excluding steroid dienone is 3. The summed E-state index contributed by atoms with van der Waals surface area (Å²) in [6.07, 6.45) is 8.37. The first kappa shape index (κ1) is 20.9. The summed E-state index contributed by atoms with van der Waals surface area (Å²) >= 11 is 6.10. The normalized spacial score (nSPS) is 15.6. The third kappa shape index (κ3) is 5.39. The van der Waals surface area contributed by atoms with Crippen LogP contribution in [-0.2, 0) is 6.42 Å². The fourth-order valence-electron chi connectivity index (χ4n) is 4.48. The molecule has 1 aliphatic carbocycles. The first-order valence-corrected chi connectivity index (χ1v) is 11.0. The summed E-state index contributed by atoms with van der Waals surface area (Å²) < 4.78 is 0. The van der Waals surface area contributed by atoms with Gasteiger partial charge < -0.3 is 0 Å². The first-order chi connectivity index (χ1) is 13.4. The molecule has 1 heteroatoms. The molecule has 2 aromatic carbocycles. The molecule has 0 fully saturated rings. The molecule has 1 aliphatic rings. The van der Waals surface area contributed by atoms with Gasteiger partial charge in [0.2, 0.25) is 0 Å². The van der Waals surface area contributed by atoms with Crippen LogP contribution in [0.15, 0.2) is 60.2 Å². The van der Waals surface area contributed by atoms with Crippen molar-refractivity contribution in [2.45, 2.75) is 71.6 Å². The van der Waals surface area contributed by atoms with Crippen LogP contribution >= 0.6 is 11.6 Å². The SMILES string of the molecule is C=C(C)CCc1ccc(C(C)CC2=C(c3ccc(Cl)cc3)CCCC2)c(C)c1. The van der Waals surface area contributed by atoms with Gasteiger partial charge in [-0.05, 0) is 105 Å². The lowest BCUT2D eigenvalue weighted by Crippen LogP contribution is -2.05. The molecule has 1 atom stereocenters. The molecule has 0 aromatic heterocycles. The summed E-state index contributed by atoms with van der Waals surface area (Å²) in [7, 11) is 0. The van der Waals surface area contributed by atoms with E-state index in [0.717, 1.165) is 24.3 Å². The predicted octanol–water partition coefficient (Wildman–Crippen LogP) is 8.68. The number of hydrogen-bond donors (Lipinski definition) is 0. The van der Waals surface area contributed by atoms with Crippen molar-refractivity contribution in [2.75, 3.05) is 0 Å². The van der Waals surface area contributed by atoms with E-state index < -0.39 is 0 Å². The Morgan fingerprint density at radius 3 is 2.46 bits per heavy atom. The highest BCUT2D eigenvalue weighted by Gasteiger charge is 2.18. The van der Waals surface area contributed by atoms with Crippen molar-refractivity contribution in [2.24, 2.45) is 0 Å². The first-order valence-electron chi connectivity index (χ1n) is 10.6. The van der Waals surface area contributed by atoms with E-state index in [1.54, 1.807) is 11.1 Å². The highest BCUT2D eigenvalue weighted by molar-refractivity contribution is 6.30. The molecule has 0 saturated carbocycles. The molecule has 0 bridgehead atoms. The van der Waals surface area contributed by atoms with Crippen LogP contribution in [0.25, 0.3) is 5.57 Å². The quantitative estimate of drug-likeness (QED) is 0.413. The Morgan fingerprint density at radius 1 is 1.07 bits per heavy atom. The van der Waals surface area contributed by atoms with Crippen LogP contribution < -0.4 is 0 Å². The van der Waals surface area contributed by atoms with E-state index in [1.807, 2.05) is 12.1 Å². The monoisotopic (exact) mass is 392 g/mol. The van der Waals surface area contributed by atoms with Crippen LogP contribution in [0.2, 0.25) is 5.02 Å². The summed E-state index contributed by atoms with van der Waals surface area (Å²) in [6, 6.07) is 15.5. The third-order valence-electron chi connectivity index (χ3n) is 6.03. The molecule has 0 saturated heterocycles. The number of aryl methyl sites for hydroxylation is 2. The Balaban J connectivity index is 1.79. The molecule has 0 radical (unpaired) electrons. The molecular formula is C27H33Cl. The van der Waals surface area contributed by atoms with Crippen LogP contribution in [0.4, 0.5) is 0 Å². The molecule has 1 unspecified atom stereocenters. The van der Waals surface area contributed by atoms with Gasteiger partial charge in [0, 0.05) is 5.02 Å². The van der Waals surface area contributed by atoms with Crippen LogP contribution in [0, 0.1) is 6.92 Å². The molecular weight excluding hydrogens is 360 g/mol. The van der Waals surface area contributed by atoms with Gasteiger partial charge >= 0.3 is 0 Å². The van der Waals surface area contributed by atoms with Crippen molar-refractivity contribution in [1.29, 1.82) is 0 Å². The van der Waals surface area contributed by atoms with Gasteiger partial charge in [-0.25, -0.2) is 0 Å². The van der Waals surface area contributed by atoms with Crippen molar-refractivity contribution in [3.63, 3.8) is 0 Å². The zero-order valence-electron chi connectivity index (χ0n) is 17.7. The fourth-order valence-corrected chi connectivity index (χ4v) is 4.60. The average Bonchev–Trinajstić information content (AvgIpc) is 2.67. The molecule has 2 aromatic rings. The molecule has 148 valence electrons. The largest absolute Gasteiger partial charge is 0.100 e. The second kappa shape index (κ2) is 9.61. The second-order valence-corrected chi connectivity index (χ2v) is 8.99. The summed E-state index contributed by atoms with van der Waals surface area (Å²) in [4.78, 5) is 0. The third-order valence-corrected chi connectivity index (χ3v) is 6.28. The van der Waals surface area contributed by atoms with Gasteiger partial charge in [0.05, 0.1) is 0 Å². The fraction of sp³-hybridized carbons (Fsp3) is 0.407. The Labute approximate surface area is 176 Å². The summed E-state index contributed by atoms with van der Waals surface area (Å²) in [6.45, 7) is 10.8. The molecule has 28 heavy (non-hydrogen) atoms. The van der Waals surface area contributed by atoms with E-state index in [2.05, 4.69) is 57.7 Å². The van der Waals surface area contributed by atoms with Crippen LogP contribution in [0.1, 0.15) is 80.5 Å². The lowest BCUT2D eigenvalue weighted by Gasteiger charge is -2.24. The highest BCUT2D eigenvalue weighted by atomic mass is 35.5. The van der Waals surface area contributed by atoms with E-state index in [0.29, 0.717) is 5.92 Å². The molecule has 0 aliphatic heterocycles. The number of benzene rings is 2. The van der Waals surface area contributed by atoms with Crippen molar-refractivity contribution in [3.8, 4) is 0 Å². The maximum absolute atomic E-state index is 6.10. The summed E-state index contributed by atoms with van der Waals surface area (Å²) in [5.74, 6) is 0.547. The minimum Gasteiger partial charge on any atom is -0.100 e. The van der Waals surface area contributed by atoms with E-state index >= 15 is 0 Å². The van der Waals surface area contributed by atoms with Crippen molar-refractivity contribution in [3.05, 3.63) is 87.5 Å². The zero-order valence-corrected chi connectivity index (χ0v) is 18.4. The van der Waals surface area contributed by atoms with E-state index in [4.69, 9.17) is 11.6 Å².